The van der Waals surface area contributed by atoms with E-state index in [1.807, 2.05) is 0 Å². The summed E-state index contributed by atoms with van der Waals surface area (Å²) in [6, 6.07) is 0.408. The largest absolute Gasteiger partial charge is 0.377 e. The van der Waals surface area contributed by atoms with Crippen LogP contribution in [0.25, 0.3) is 16.6 Å². The number of H-pyrrole nitrogens is 1. The van der Waals surface area contributed by atoms with Gasteiger partial charge in [-0.3, -0.25) is 9.78 Å². The van der Waals surface area contributed by atoms with Gasteiger partial charge in [0, 0.05) is 19.1 Å². The van der Waals surface area contributed by atoms with Gasteiger partial charge in [0.2, 0.25) is 5.95 Å². The normalized spacial score (nSPS) is 24.0. The lowest BCUT2D eigenvalue weighted by atomic mass is 10.1. The molecular formula is C21H28N6O2S. The molecule has 2 fully saturated rings. The van der Waals surface area contributed by atoms with E-state index in [-0.39, 0.29) is 17.6 Å². The Hall–Kier alpha value is -2.23. The van der Waals surface area contributed by atoms with Crippen LogP contribution in [0, 0.1) is 0 Å². The summed E-state index contributed by atoms with van der Waals surface area (Å²) >= 11 is 1.57. The van der Waals surface area contributed by atoms with Gasteiger partial charge in [0.15, 0.2) is 0 Å². The monoisotopic (exact) mass is 428 g/mol. The molecule has 3 N–H and O–H groups in total. The number of rotatable bonds is 4. The third-order valence-electron chi connectivity index (χ3n) is 5.94. The number of hydrogen-bond donors (Lipinski definition) is 3. The van der Waals surface area contributed by atoms with Crippen LogP contribution in [0.5, 0.6) is 0 Å². The molecular weight excluding hydrogens is 400 g/mol. The van der Waals surface area contributed by atoms with E-state index in [1.54, 1.807) is 11.3 Å². The molecule has 2 aromatic rings. The fourth-order valence-corrected chi connectivity index (χ4v) is 5.39. The number of anilines is 2. The lowest BCUT2D eigenvalue weighted by molar-refractivity contribution is 0.0981. The van der Waals surface area contributed by atoms with E-state index in [1.165, 1.54) is 0 Å². The van der Waals surface area contributed by atoms with Gasteiger partial charge < -0.3 is 20.3 Å². The quantitative estimate of drug-likeness (QED) is 0.687. The number of aryl methyl sites for hydroxylation is 1. The van der Waals surface area contributed by atoms with Crippen LogP contribution in [0.15, 0.2) is 10.9 Å². The standard InChI is InChI=1S/C21H28N6O2S/c1-13-12-29-10-9-27(13)21-25-18(23-14-5-4-8-22-11-14)17(19(28)26-21)20-24-15-6-2-3-7-16(15)30-20/h3,7,13-14,22H,2,4-6,8-12H2,1H3,(H2,23,25,26,28)/t13-,14+/m0/s1. The van der Waals surface area contributed by atoms with Crippen molar-refractivity contribution in [2.24, 2.45) is 0 Å². The molecule has 2 atom stereocenters. The van der Waals surface area contributed by atoms with E-state index < -0.39 is 0 Å². The van der Waals surface area contributed by atoms with Crippen molar-refractivity contribution in [1.29, 1.82) is 0 Å². The predicted molar refractivity (Wildman–Crippen MR) is 120 cm³/mol. The van der Waals surface area contributed by atoms with Crippen LogP contribution < -0.4 is 21.1 Å². The number of aromatic amines is 1. The minimum atomic E-state index is -0.139. The molecule has 0 spiro atoms. The fourth-order valence-electron chi connectivity index (χ4n) is 4.30. The molecule has 0 bridgehead atoms. The van der Waals surface area contributed by atoms with Crippen LogP contribution in [-0.4, -0.2) is 59.9 Å². The van der Waals surface area contributed by atoms with Gasteiger partial charge in [0.05, 0.1) is 29.8 Å². The molecule has 3 aliphatic rings. The Bertz CT molecular complexity index is 994. The molecule has 2 saturated heterocycles. The van der Waals surface area contributed by atoms with Crippen LogP contribution in [0.1, 0.15) is 36.8 Å². The molecule has 0 radical (unpaired) electrons. The second-order valence-corrected chi connectivity index (χ2v) is 9.22. The lowest BCUT2D eigenvalue weighted by Gasteiger charge is -2.34. The number of fused-ring (bicyclic) bond motifs is 1. The van der Waals surface area contributed by atoms with Crippen molar-refractivity contribution in [2.45, 2.75) is 44.7 Å². The van der Waals surface area contributed by atoms with E-state index in [9.17, 15) is 4.79 Å². The van der Waals surface area contributed by atoms with E-state index >= 15 is 0 Å². The highest BCUT2D eigenvalue weighted by atomic mass is 32.1. The van der Waals surface area contributed by atoms with Crippen LogP contribution in [-0.2, 0) is 11.2 Å². The van der Waals surface area contributed by atoms with Crippen molar-refractivity contribution in [3.05, 3.63) is 27.0 Å². The molecule has 0 unspecified atom stereocenters. The molecule has 0 aromatic carbocycles. The average molecular weight is 429 g/mol. The number of ether oxygens (including phenoxy) is 1. The number of allylic oxidation sites excluding steroid dienone is 1. The maximum atomic E-state index is 13.3. The summed E-state index contributed by atoms with van der Waals surface area (Å²) in [7, 11) is 0. The first-order chi connectivity index (χ1) is 14.7. The molecule has 5 rings (SSSR count). The first kappa shape index (κ1) is 19.7. The van der Waals surface area contributed by atoms with Crippen LogP contribution in [0.4, 0.5) is 11.8 Å². The number of nitrogens with zero attached hydrogens (tertiary/aromatic N) is 3. The van der Waals surface area contributed by atoms with E-state index in [4.69, 9.17) is 14.7 Å². The highest BCUT2D eigenvalue weighted by molar-refractivity contribution is 7.16. The SMILES string of the molecule is C[C@H]1COCCN1c1nc(N[C@@H]2CCCNC2)c(-c2nc3c(s2)C=CCC3)c(=O)[nH]1. The van der Waals surface area contributed by atoms with Gasteiger partial charge >= 0.3 is 0 Å². The summed E-state index contributed by atoms with van der Waals surface area (Å²) in [6.07, 6.45) is 8.37. The molecule has 160 valence electrons. The summed E-state index contributed by atoms with van der Waals surface area (Å²) in [5.41, 5.74) is 1.49. The first-order valence-corrected chi connectivity index (χ1v) is 11.6. The predicted octanol–water partition coefficient (Wildman–Crippen LogP) is 2.24. The molecule has 9 heteroatoms. The number of nitrogens with one attached hydrogen (secondary N) is 3. The second kappa shape index (κ2) is 8.49. The number of aromatic nitrogens is 3. The van der Waals surface area contributed by atoms with Gasteiger partial charge in [-0.15, -0.1) is 11.3 Å². The van der Waals surface area contributed by atoms with Crippen molar-refractivity contribution in [3.63, 3.8) is 0 Å². The summed E-state index contributed by atoms with van der Waals surface area (Å²) in [5.74, 6) is 1.24. The van der Waals surface area contributed by atoms with Crippen LogP contribution >= 0.6 is 11.3 Å². The lowest BCUT2D eigenvalue weighted by Crippen LogP contribution is -2.45. The first-order valence-electron chi connectivity index (χ1n) is 10.8. The van der Waals surface area contributed by atoms with Gasteiger partial charge in [-0.05, 0) is 45.2 Å². The molecule has 30 heavy (non-hydrogen) atoms. The Kier molecular flexibility index (Phi) is 5.58. The Labute approximate surface area is 179 Å². The fraction of sp³-hybridized carbons (Fsp3) is 0.571. The van der Waals surface area contributed by atoms with Gasteiger partial charge in [0.1, 0.15) is 16.4 Å². The van der Waals surface area contributed by atoms with E-state index in [2.05, 4.69) is 39.6 Å². The summed E-state index contributed by atoms with van der Waals surface area (Å²) in [5, 5.41) is 7.73. The maximum absolute atomic E-state index is 13.3. The number of hydrogen-bond acceptors (Lipinski definition) is 8. The van der Waals surface area contributed by atoms with Crippen molar-refractivity contribution >= 4 is 29.2 Å². The van der Waals surface area contributed by atoms with Crippen molar-refractivity contribution < 1.29 is 4.74 Å². The Morgan fingerprint density at radius 3 is 3.10 bits per heavy atom. The van der Waals surface area contributed by atoms with Gasteiger partial charge in [-0.1, -0.05) is 6.08 Å². The second-order valence-electron chi connectivity index (χ2n) is 8.19. The maximum Gasteiger partial charge on any atom is 0.264 e. The number of morpholine rings is 1. The zero-order valence-corrected chi connectivity index (χ0v) is 18.1. The average Bonchev–Trinajstić information content (AvgIpc) is 3.18. The summed E-state index contributed by atoms with van der Waals surface area (Å²) < 4.78 is 5.55. The summed E-state index contributed by atoms with van der Waals surface area (Å²) in [6.45, 7) is 5.98. The van der Waals surface area contributed by atoms with E-state index in [0.717, 1.165) is 54.4 Å². The Morgan fingerprint density at radius 1 is 1.37 bits per heavy atom. The highest BCUT2D eigenvalue weighted by Gasteiger charge is 2.26. The van der Waals surface area contributed by atoms with Gasteiger partial charge in [-0.2, -0.15) is 4.98 Å². The topological polar surface area (TPSA) is 95.2 Å². The molecule has 2 aliphatic heterocycles. The highest BCUT2D eigenvalue weighted by Crippen LogP contribution is 2.34. The minimum absolute atomic E-state index is 0.139. The van der Waals surface area contributed by atoms with Crippen molar-refractivity contribution in [2.75, 3.05) is 43.1 Å². The Morgan fingerprint density at radius 2 is 2.30 bits per heavy atom. The van der Waals surface area contributed by atoms with Gasteiger partial charge in [0.25, 0.3) is 5.56 Å². The Balaban J connectivity index is 1.56. The molecule has 8 nitrogen and oxygen atoms in total. The third kappa shape index (κ3) is 3.89. The molecule has 0 saturated carbocycles. The van der Waals surface area contributed by atoms with Gasteiger partial charge in [-0.25, -0.2) is 4.98 Å². The van der Waals surface area contributed by atoms with Crippen molar-refractivity contribution in [3.8, 4) is 10.6 Å². The molecule has 4 heterocycles. The van der Waals surface area contributed by atoms with E-state index in [0.29, 0.717) is 37.1 Å². The molecule has 2 aromatic heterocycles. The third-order valence-corrected chi connectivity index (χ3v) is 7.02. The minimum Gasteiger partial charge on any atom is -0.377 e. The zero-order valence-electron chi connectivity index (χ0n) is 17.2. The smallest absolute Gasteiger partial charge is 0.264 e. The molecule has 1 aliphatic carbocycles. The van der Waals surface area contributed by atoms with Crippen molar-refractivity contribution in [1.82, 2.24) is 20.3 Å². The zero-order chi connectivity index (χ0) is 20.5. The van der Waals surface area contributed by atoms with Crippen LogP contribution in [0.3, 0.4) is 0 Å². The number of thiazole rings is 1. The summed E-state index contributed by atoms with van der Waals surface area (Å²) in [4.78, 5) is 29.3. The van der Waals surface area contributed by atoms with Crippen LogP contribution in [0.2, 0.25) is 0 Å². The molecule has 0 amide bonds. The number of piperidine rings is 1.